The first-order chi connectivity index (χ1) is 7.83. The lowest BCUT2D eigenvalue weighted by Gasteiger charge is -2.26. The molecule has 0 spiro atoms. The highest BCUT2D eigenvalue weighted by atomic mass is 16.6. The number of hydrogen-bond donors (Lipinski definition) is 0. The van der Waals surface area contributed by atoms with E-state index in [2.05, 4.69) is 16.2 Å². The van der Waals surface area contributed by atoms with Gasteiger partial charge in [-0.1, -0.05) is 11.2 Å². The number of fused-ring (bicyclic) bond motifs is 1. The van der Waals surface area contributed by atoms with Gasteiger partial charge in [0.05, 0.1) is 18.4 Å². The molecule has 0 aliphatic carbocycles. The van der Waals surface area contributed by atoms with Gasteiger partial charge in [0.15, 0.2) is 0 Å². The molecule has 0 aromatic carbocycles. The van der Waals surface area contributed by atoms with E-state index in [1.165, 1.54) is 0 Å². The molecule has 84 valence electrons. The van der Waals surface area contributed by atoms with Crippen molar-refractivity contribution < 1.29 is 9.57 Å². The van der Waals surface area contributed by atoms with Crippen molar-refractivity contribution in [1.82, 2.24) is 4.98 Å². The normalized spacial score (nSPS) is 28.2. The van der Waals surface area contributed by atoms with Crippen LogP contribution < -0.4 is 0 Å². The van der Waals surface area contributed by atoms with Gasteiger partial charge >= 0.3 is 0 Å². The number of ether oxygens (including phenoxy) is 1. The summed E-state index contributed by atoms with van der Waals surface area (Å²) in [4.78, 5) is 9.39. The van der Waals surface area contributed by atoms with E-state index in [0.717, 1.165) is 23.4 Å². The molecule has 0 N–H and O–H groups in total. The second kappa shape index (κ2) is 3.87. The van der Waals surface area contributed by atoms with Crippen LogP contribution >= 0.6 is 0 Å². The summed E-state index contributed by atoms with van der Waals surface area (Å²) in [5.74, 6) is 0.431. The van der Waals surface area contributed by atoms with E-state index in [4.69, 9.17) is 9.57 Å². The molecule has 1 saturated heterocycles. The van der Waals surface area contributed by atoms with Crippen molar-refractivity contribution in [2.75, 3.05) is 13.2 Å². The summed E-state index contributed by atoms with van der Waals surface area (Å²) in [6, 6.07) is 4.11. The third-order valence-corrected chi connectivity index (χ3v) is 3.17. The Morgan fingerprint density at radius 2 is 2.31 bits per heavy atom. The Labute approximate surface area is 94.3 Å². The van der Waals surface area contributed by atoms with Crippen molar-refractivity contribution in [2.45, 2.75) is 19.4 Å². The molecule has 16 heavy (non-hydrogen) atoms. The van der Waals surface area contributed by atoms with Crippen LogP contribution in [0.15, 0.2) is 23.5 Å². The van der Waals surface area contributed by atoms with Crippen molar-refractivity contribution in [3.8, 4) is 0 Å². The fourth-order valence-corrected chi connectivity index (χ4v) is 2.14. The van der Waals surface area contributed by atoms with Crippen molar-refractivity contribution in [3.05, 3.63) is 29.6 Å². The zero-order valence-electron chi connectivity index (χ0n) is 9.22. The molecule has 3 rings (SSSR count). The smallest absolute Gasteiger partial charge is 0.125 e. The summed E-state index contributed by atoms with van der Waals surface area (Å²) in [5.41, 5.74) is 3.24. The molecule has 2 aliphatic rings. The Morgan fingerprint density at radius 1 is 1.38 bits per heavy atom. The minimum Gasteiger partial charge on any atom is -0.395 e. The van der Waals surface area contributed by atoms with Crippen molar-refractivity contribution >= 4 is 5.71 Å². The lowest BCUT2D eigenvalue weighted by Crippen LogP contribution is -2.28. The topological polar surface area (TPSA) is 43.7 Å². The van der Waals surface area contributed by atoms with E-state index in [9.17, 15) is 0 Å². The average molecular weight is 218 g/mol. The van der Waals surface area contributed by atoms with Crippen LogP contribution in [-0.4, -0.2) is 23.9 Å². The zero-order valence-corrected chi connectivity index (χ0v) is 9.22. The number of hydrogen-bond acceptors (Lipinski definition) is 4. The second-order valence-electron chi connectivity index (χ2n) is 4.34. The van der Waals surface area contributed by atoms with Crippen LogP contribution in [0.1, 0.15) is 23.8 Å². The molecule has 1 fully saturated rings. The molecular weight excluding hydrogens is 204 g/mol. The second-order valence-corrected chi connectivity index (χ2v) is 4.34. The van der Waals surface area contributed by atoms with E-state index < -0.39 is 0 Å². The zero-order chi connectivity index (χ0) is 11.0. The first kappa shape index (κ1) is 9.78. The number of aryl methyl sites for hydroxylation is 1. The molecule has 0 amide bonds. The molecule has 0 saturated carbocycles. The van der Waals surface area contributed by atoms with Gasteiger partial charge in [0.1, 0.15) is 6.61 Å². The molecule has 2 atom stereocenters. The fraction of sp³-hybridized carbons (Fsp3) is 0.500. The number of oxime groups is 1. The SMILES string of the molecule is Cc1ccc([C@H]2C[C@H]3CON=C3CO2)cn1. The van der Waals surface area contributed by atoms with E-state index in [1.807, 2.05) is 19.2 Å². The van der Waals surface area contributed by atoms with Crippen LogP contribution in [0.25, 0.3) is 0 Å². The Kier molecular flexibility index (Phi) is 2.36. The Balaban J connectivity index is 1.77. The van der Waals surface area contributed by atoms with E-state index in [1.54, 1.807) is 0 Å². The van der Waals surface area contributed by atoms with Gasteiger partial charge in [0.2, 0.25) is 0 Å². The van der Waals surface area contributed by atoms with Crippen LogP contribution in [0.3, 0.4) is 0 Å². The van der Waals surface area contributed by atoms with Crippen LogP contribution in [0.2, 0.25) is 0 Å². The van der Waals surface area contributed by atoms with Crippen molar-refractivity contribution in [2.24, 2.45) is 11.1 Å². The molecule has 1 aromatic rings. The highest BCUT2D eigenvalue weighted by molar-refractivity contribution is 5.89. The predicted molar refractivity (Wildman–Crippen MR) is 59.2 cm³/mol. The quantitative estimate of drug-likeness (QED) is 0.722. The van der Waals surface area contributed by atoms with Gasteiger partial charge in [0.25, 0.3) is 0 Å². The molecular formula is C12H14N2O2. The Bertz CT molecular complexity index is 414. The molecule has 1 aromatic heterocycles. The Hall–Kier alpha value is -1.42. The molecule has 2 aliphatic heterocycles. The number of pyridine rings is 1. The molecule has 0 radical (unpaired) electrons. The molecule has 4 nitrogen and oxygen atoms in total. The fourth-order valence-electron chi connectivity index (χ4n) is 2.14. The minimum absolute atomic E-state index is 0.138. The van der Waals surface area contributed by atoms with E-state index in [0.29, 0.717) is 19.1 Å². The van der Waals surface area contributed by atoms with Crippen LogP contribution in [0.5, 0.6) is 0 Å². The van der Waals surface area contributed by atoms with Gasteiger partial charge in [0, 0.05) is 17.8 Å². The minimum atomic E-state index is 0.138. The monoisotopic (exact) mass is 218 g/mol. The van der Waals surface area contributed by atoms with Crippen LogP contribution in [-0.2, 0) is 9.57 Å². The third kappa shape index (κ3) is 1.69. The number of nitrogens with zero attached hydrogens (tertiary/aromatic N) is 2. The molecule has 3 heterocycles. The molecule has 0 unspecified atom stereocenters. The number of aromatic nitrogens is 1. The van der Waals surface area contributed by atoms with Crippen molar-refractivity contribution in [3.63, 3.8) is 0 Å². The highest BCUT2D eigenvalue weighted by Gasteiger charge is 2.32. The summed E-state index contributed by atoms with van der Waals surface area (Å²) in [5, 5.41) is 3.98. The summed E-state index contributed by atoms with van der Waals surface area (Å²) in [6.07, 6.45) is 2.99. The van der Waals surface area contributed by atoms with Gasteiger partial charge in [-0.2, -0.15) is 0 Å². The van der Waals surface area contributed by atoms with Crippen molar-refractivity contribution in [1.29, 1.82) is 0 Å². The van der Waals surface area contributed by atoms with E-state index >= 15 is 0 Å². The van der Waals surface area contributed by atoms with Crippen LogP contribution in [0.4, 0.5) is 0 Å². The van der Waals surface area contributed by atoms with Gasteiger partial charge in [-0.15, -0.1) is 0 Å². The maximum absolute atomic E-state index is 5.77. The third-order valence-electron chi connectivity index (χ3n) is 3.17. The first-order valence-electron chi connectivity index (χ1n) is 5.56. The summed E-state index contributed by atoms with van der Waals surface area (Å²) in [7, 11) is 0. The summed E-state index contributed by atoms with van der Waals surface area (Å²) < 4.78 is 5.77. The molecule has 4 heteroatoms. The summed E-state index contributed by atoms with van der Waals surface area (Å²) in [6.45, 7) is 3.28. The van der Waals surface area contributed by atoms with Gasteiger partial charge in [-0.25, -0.2) is 0 Å². The number of rotatable bonds is 1. The van der Waals surface area contributed by atoms with E-state index in [-0.39, 0.29) is 6.10 Å². The van der Waals surface area contributed by atoms with Gasteiger partial charge in [-0.3, -0.25) is 4.98 Å². The predicted octanol–water partition coefficient (Wildman–Crippen LogP) is 1.85. The largest absolute Gasteiger partial charge is 0.395 e. The van der Waals surface area contributed by atoms with Gasteiger partial charge in [-0.05, 0) is 25.0 Å². The highest BCUT2D eigenvalue weighted by Crippen LogP contribution is 2.32. The lowest BCUT2D eigenvalue weighted by atomic mass is 9.92. The van der Waals surface area contributed by atoms with Crippen LogP contribution in [0, 0.1) is 12.8 Å². The standard InChI is InChI=1S/C12H14N2O2/c1-8-2-3-9(5-13-8)12-4-10-6-16-14-11(10)7-15-12/h2-3,5,10,12H,4,6-7H2,1H3/t10-,12+/m0/s1. The molecule has 0 bridgehead atoms. The average Bonchev–Trinajstić information content (AvgIpc) is 2.77. The maximum Gasteiger partial charge on any atom is 0.125 e. The lowest BCUT2D eigenvalue weighted by molar-refractivity contribution is 0.0434. The summed E-state index contributed by atoms with van der Waals surface area (Å²) >= 11 is 0. The first-order valence-corrected chi connectivity index (χ1v) is 5.56. The van der Waals surface area contributed by atoms with Gasteiger partial charge < -0.3 is 9.57 Å². The Morgan fingerprint density at radius 3 is 3.12 bits per heavy atom. The maximum atomic E-state index is 5.77.